The van der Waals surface area contributed by atoms with Crippen LogP contribution in [0.25, 0.3) is 0 Å². The largest absolute Gasteiger partial charge is 0.353 e. The molecule has 1 amide bonds. The zero-order chi connectivity index (χ0) is 15.1. The fourth-order valence-electron chi connectivity index (χ4n) is 3.32. The minimum Gasteiger partial charge on any atom is -0.353 e. The van der Waals surface area contributed by atoms with E-state index in [1.807, 2.05) is 19.9 Å². The Kier molecular flexibility index (Phi) is 6.27. The molecule has 0 bridgehead atoms. The minimum atomic E-state index is 0.148. The second-order valence-electron chi connectivity index (χ2n) is 6.61. The Morgan fingerprint density at radius 1 is 1.43 bits per heavy atom. The van der Waals surface area contributed by atoms with E-state index in [0.717, 1.165) is 30.1 Å². The lowest BCUT2D eigenvalue weighted by atomic mass is 9.86. The molecule has 4 heteroatoms. The second-order valence-corrected chi connectivity index (χ2v) is 6.61. The number of rotatable bonds is 7. The molecule has 2 rings (SSSR count). The first-order chi connectivity index (χ1) is 10.1. The van der Waals surface area contributed by atoms with Gasteiger partial charge in [0.1, 0.15) is 0 Å². The molecular weight excluding hydrogens is 262 g/mol. The summed E-state index contributed by atoms with van der Waals surface area (Å²) in [5.74, 6) is 1.06. The summed E-state index contributed by atoms with van der Waals surface area (Å²) in [6.45, 7) is 4.04. The van der Waals surface area contributed by atoms with Crippen LogP contribution in [0.4, 0.5) is 0 Å². The van der Waals surface area contributed by atoms with Crippen molar-refractivity contribution < 1.29 is 4.79 Å². The van der Waals surface area contributed by atoms with Gasteiger partial charge in [0.15, 0.2) is 0 Å². The molecular formula is C17H29N3O. The Bertz CT molecular complexity index is 435. The second kappa shape index (κ2) is 8.20. The van der Waals surface area contributed by atoms with Gasteiger partial charge >= 0.3 is 0 Å². The Morgan fingerprint density at radius 2 is 2.19 bits per heavy atom. The number of nitrogens with one attached hydrogen (secondary N) is 2. The Labute approximate surface area is 128 Å². The molecule has 1 aromatic heterocycles. The SMILES string of the molecule is Cc1cc(C[C@@H](C)NC(=O)CCCC2CCCCC2)n[nH]1. The van der Waals surface area contributed by atoms with Gasteiger partial charge in [0.25, 0.3) is 0 Å². The van der Waals surface area contributed by atoms with Crippen molar-refractivity contribution in [1.82, 2.24) is 15.5 Å². The highest BCUT2D eigenvalue weighted by Gasteiger charge is 2.14. The van der Waals surface area contributed by atoms with Crippen LogP contribution in [0, 0.1) is 12.8 Å². The van der Waals surface area contributed by atoms with Crippen molar-refractivity contribution >= 4 is 5.91 Å². The van der Waals surface area contributed by atoms with Gasteiger partial charge in [0, 0.05) is 24.6 Å². The van der Waals surface area contributed by atoms with Gasteiger partial charge in [-0.2, -0.15) is 5.10 Å². The number of aryl methyl sites for hydroxylation is 1. The third-order valence-corrected chi connectivity index (χ3v) is 4.42. The average molecular weight is 291 g/mol. The molecule has 4 nitrogen and oxygen atoms in total. The summed E-state index contributed by atoms with van der Waals surface area (Å²) in [5.41, 5.74) is 2.08. The molecule has 1 heterocycles. The molecule has 0 aliphatic heterocycles. The van der Waals surface area contributed by atoms with Crippen molar-refractivity contribution in [3.8, 4) is 0 Å². The molecule has 0 spiro atoms. The lowest BCUT2D eigenvalue weighted by molar-refractivity contribution is -0.121. The van der Waals surface area contributed by atoms with Gasteiger partial charge in [0.2, 0.25) is 5.91 Å². The van der Waals surface area contributed by atoms with E-state index in [-0.39, 0.29) is 11.9 Å². The van der Waals surface area contributed by atoms with Crippen molar-refractivity contribution in [1.29, 1.82) is 0 Å². The highest BCUT2D eigenvalue weighted by atomic mass is 16.1. The minimum absolute atomic E-state index is 0.148. The van der Waals surface area contributed by atoms with Crippen LogP contribution in [0.3, 0.4) is 0 Å². The highest BCUT2D eigenvalue weighted by molar-refractivity contribution is 5.76. The van der Waals surface area contributed by atoms with Crippen LogP contribution in [-0.4, -0.2) is 22.1 Å². The number of aromatic amines is 1. The van der Waals surface area contributed by atoms with E-state index in [1.54, 1.807) is 0 Å². The Morgan fingerprint density at radius 3 is 2.86 bits per heavy atom. The van der Waals surface area contributed by atoms with Crippen LogP contribution in [0.15, 0.2) is 6.07 Å². The highest BCUT2D eigenvalue weighted by Crippen LogP contribution is 2.27. The van der Waals surface area contributed by atoms with Gasteiger partial charge in [-0.25, -0.2) is 0 Å². The van der Waals surface area contributed by atoms with E-state index in [1.165, 1.54) is 38.5 Å². The molecule has 1 atom stereocenters. The first-order valence-electron chi connectivity index (χ1n) is 8.43. The van der Waals surface area contributed by atoms with Crippen LogP contribution in [-0.2, 0) is 11.2 Å². The third-order valence-electron chi connectivity index (χ3n) is 4.42. The van der Waals surface area contributed by atoms with Gasteiger partial charge in [-0.05, 0) is 38.7 Å². The number of hydrogen-bond acceptors (Lipinski definition) is 2. The summed E-state index contributed by atoms with van der Waals surface area (Å²) in [6, 6.07) is 2.18. The summed E-state index contributed by atoms with van der Waals surface area (Å²) >= 11 is 0. The molecule has 0 unspecified atom stereocenters. The van der Waals surface area contributed by atoms with Crippen molar-refractivity contribution in [2.75, 3.05) is 0 Å². The van der Waals surface area contributed by atoms with Crippen LogP contribution in [0.5, 0.6) is 0 Å². The molecule has 1 aromatic rings. The van der Waals surface area contributed by atoms with Crippen molar-refractivity contribution in [2.24, 2.45) is 5.92 Å². The van der Waals surface area contributed by atoms with E-state index < -0.39 is 0 Å². The summed E-state index contributed by atoms with van der Waals surface area (Å²) in [5, 5.41) is 10.2. The fraction of sp³-hybridized carbons (Fsp3) is 0.765. The van der Waals surface area contributed by atoms with Gasteiger partial charge < -0.3 is 5.32 Å². The molecule has 118 valence electrons. The van der Waals surface area contributed by atoms with Gasteiger partial charge in [-0.1, -0.05) is 32.1 Å². The normalized spacial score (nSPS) is 17.6. The number of aromatic nitrogens is 2. The van der Waals surface area contributed by atoms with Gasteiger partial charge in [0.05, 0.1) is 5.69 Å². The Hall–Kier alpha value is -1.32. The molecule has 0 radical (unpaired) electrons. The predicted octanol–water partition coefficient (Wildman–Crippen LogP) is 3.52. The molecule has 1 aliphatic rings. The lowest BCUT2D eigenvalue weighted by Crippen LogP contribution is -2.34. The lowest BCUT2D eigenvalue weighted by Gasteiger charge is -2.21. The number of hydrogen-bond donors (Lipinski definition) is 2. The summed E-state index contributed by atoms with van der Waals surface area (Å²) in [4.78, 5) is 12.0. The maximum Gasteiger partial charge on any atom is 0.220 e. The van der Waals surface area contributed by atoms with Crippen LogP contribution >= 0.6 is 0 Å². The Balaban J connectivity index is 1.59. The first kappa shape index (κ1) is 16.1. The van der Waals surface area contributed by atoms with Crippen molar-refractivity contribution in [3.63, 3.8) is 0 Å². The topological polar surface area (TPSA) is 57.8 Å². The quantitative estimate of drug-likeness (QED) is 0.807. The zero-order valence-corrected chi connectivity index (χ0v) is 13.5. The first-order valence-corrected chi connectivity index (χ1v) is 8.43. The van der Waals surface area contributed by atoms with E-state index in [2.05, 4.69) is 15.5 Å². The number of H-pyrrole nitrogens is 1. The van der Waals surface area contributed by atoms with Gasteiger partial charge in [-0.15, -0.1) is 0 Å². The summed E-state index contributed by atoms with van der Waals surface area (Å²) in [7, 11) is 0. The van der Waals surface area contributed by atoms with Gasteiger partial charge in [-0.3, -0.25) is 9.89 Å². The van der Waals surface area contributed by atoms with Crippen molar-refractivity contribution in [2.45, 2.75) is 77.7 Å². The summed E-state index contributed by atoms with van der Waals surface area (Å²) < 4.78 is 0. The monoisotopic (exact) mass is 291 g/mol. The fourth-order valence-corrected chi connectivity index (χ4v) is 3.32. The molecule has 1 fully saturated rings. The number of carbonyl (C=O) groups excluding carboxylic acids is 1. The maximum absolute atomic E-state index is 12.0. The average Bonchev–Trinajstić information content (AvgIpc) is 2.85. The predicted molar refractivity (Wildman–Crippen MR) is 85.1 cm³/mol. The third kappa shape index (κ3) is 5.90. The molecule has 1 saturated carbocycles. The van der Waals surface area contributed by atoms with Crippen molar-refractivity contribution in [3.05, 3.63) is 17.5 Å². The molecule has 0 aromatic carbocycles. The van der Waals surface area contributed by atoms with Crippen LogP contribution < -0.4 is 5.32 Å². The molecule has 1 aliphatic carbocycles. The molecule has 0 saturated heterocycles. The number of amides is 1. The standard InChI is InChI=1S/C17H29N3O/c1-13(11-16-12-14(2)19-20-16)18-17(21)10-6-9-15-7-4-3-5-8-15/h12-13,15H,3-11H2,1-2H3,(H,18,21)(H,19,20)/t13-/m1/s1. The van der Waals surface area contributed by atoms with E-state index in [4.69, 9.17) is 0 Å². The zero-order valence-electron chi connectivity index (χ0n) is 13.5. The van der Waals surface area contributed by atoms with Crippen LogP contribution in [0.1, 0.15) is 69.7 Å². The van der Waals surface area contributed by atoms with E-state index in [0.29, 0.717) is 6.42 Å². The smallest absolute Gasteiger partial charge is 0.220 e. The number of nitrogens with zero attached hydrogens (tertiary/aromatic N) is 1. The maximum atomic E-state index is 12.0. The van der Waals surface area contributed by atoms with Crippen LogP contribution in [0.2, 0.25) is 0 Å². The van der Waals surface area contributed by atoms with E-state index >= 15 is 0 Å². The van der Waals surface area contributed by atoms with E-state index in [9.17, 15) is 4.79 Å². The molecule has 2 N–H and O–H groups in total. The molecule has 21 heavy (non-hydrogen) atoms. The number of carbonyl (C=O) groups is 1. The summed E-state index contributed by atoms with van der Waals surface area (Å²) in [6.07, 6.45) is 10.6.